The minimum absolute atomic E-state index is 0.147. The molecule has 5 heterocycles. The SMILES string of the molecule is Fc1c(F)c(F)c2c(c1F)-c1nc-2c(-c2ccc(Cl)cc2)c2ccc([nH]2)c(-c2ccc(Cl)cc2)c2nc(c(-c3ccc(Cl)cc3)c3ccc([nH]3)c1-c1ccc(Cl)cc1)C=C2. The highest BCUT2D eigenvalue weighted by Gasteiger charge is 2.35. The van der Waals surface area contributed by atoms with Crippen LogP contribution in [-0.4, -0.2) is 19.9 Å². The van der Waals surface area contributed by atoms with Gasteiger partial charge in [0.25, 0.3) is 0 Å². The van der Waals surface area contributed by atoms with Crippen LogP contribution in [0.3, 0.4) is 0 Å². The first-order valence-electron chi connectivity index (χ1n) is 18.4. The van der Waals surface area contributed by atoms with Gasteiger partial charge in [0, 0.05) is 64.4 Å². The van der Waals surface area contributed by atoms with Gasteiger partial charge < -0.3 is 9.97 Å². The van der Waals surface area contributed by atoms with E-state index in [9.17, 15) is 0 Å². The molecule has 3 aromatic heterocycles. The van der Waals surface area contributed by atoms with E-state index in [0.29, 0.717) is 75.8 Å². The molecule has 8 aromatic rings. The minimum atomic E-state index is -1.97. The first-order chi connectivity index (χ1) is 29.0. The van der Waals surface area contributed by atoms with Gasteiger partial charge in [-0.2, -0.15) is 0 Å². The third kappa shape index (κ3) is 6.39. The van der Waals surface area contributed by atoms with Gasteiger partial charge in [-0.1, -0.05) is 94.9 Å². The third-order valence-electron chi connectivity index (χ3n) is 10.6. The van der Waals surface area contributed by atoms with Crippen LogP contribution in [0.25, 0.3) is 101 Å². The number of hydrogen-bond donors (Lipinski definition) is 2. The standard InChI is InChI=1S/C48H24Cl4F4N4/c49-27-9-1-23(2-10-27)37-31-17-18-32(57-31)38(24-3-11-28(50)12-4-24)34-20-22-36(59-34)40(26-7-15-30(52)16-8-26)48-42-41(43(53)45(55)46(56)44(42)54)47(60-48)39(35-21-19-33(37)58-35)25-5-13-29(51)14-6-25/h1-22,58-59H. The van der Waals surface area contributed by atoms with Crippen molar-refractivity contribution in [3.8, 4) is 67.0 Å². The summed E-state index contributed by atoms with van der Waals surface area (Å²) in [7, 11) is 0. The van der Waals surface area contributed by atoms with Crippen molar-refractivity contribution >= 4 is 80.6 Å². The molecule has 5 aromatic carbocycles. The zero-order chi connectivity index (χ0) is 41.4. The van der Waals surface area contributed by atoms with E-state index < -0.39 is 34.4 Å². The predicted octanol–water partition coefficient (Wildman–Crippen LogP) is 15.7. The molecule has 0 fully saturated rings. The Morgan fingerprint density at radius 2 is 0.600 bits per heavy atom. The van der Waals surface area contributed by atoms with Gasteiger partial charge in [-0.05, 0) is 107 Å². The Kier molecular flexibility index (Phi) is 9.41. The summed E-state index contributed by atoms with van der Waals surface area (Å²) in [6.07, 6.45) is 3.83. The summed E-state index contributed by atoms with van der Waals surface area (Å²) in [5.74, 6) is -7.14. The maximum atomic E-state index is 16.6. The van der Waals surface area contributed by atoms with Crippen molar-refractivity contribution in [1.82, 2.24) is 19.9 Å². The Morgan fingerprint density at radius 1 is 0.317 bits per heavy atom. The first kappa shape index (κ1) is 38.1. The molecule has 292 valence electrons. The second-order valence-corrected chi connectivity index (χ2v) is 15.9. The second-order valence-electron chi connectivity index (χ2n) is 14.1. The summed E-state index contributed by atoms with van der Waals surface area (Å²) >= 11 is 25.4. The molecular weight excluding hydrogens is 850 g/mol. The molecule has 0 radical (unpaired) electrons. The summed E-state index contributed by atoms with van der Waals surface area (Å²) in [5, 5.41) is 1.90. The van der Waals surface area contributed by atoms with Crippen LogP contribution in [0.4, 0.5) is 17.6 Å². The fourth-order valence-corrected chi connectivity index (χ4v) is 8.37. The molecule has 12 heteroatoms. The summed E-state index contributed by atoms with van der Waals surface area (Å²) in [5.41, 5.74) is 6.22. The zero-order valence-corrected chi connectivity index (χ0v) is 33.6. The van der Waals surface area contributed by atoms with E-state index in [-0.39, 0.29) is 22.5 Å². The molecule has 2 aliphatic heterocycles. The number of aromatic amines is 2. The highest BCUT2D eigenvalue weighted by Crippen LogP contribution is 2.50. The fourth-order valence-electron chi connectivity index (χ4n) is 7.86. The van der Waals surface area contributed by atoms with Crippen molar-refractivity contribution in [3.63, 3.8) is 0 Å². The van der Waals surface area contributed by atoms with Gasteiger partial charge in [0.05, 0.1) is 33.9 Å². The van der Waals surface area contributed by atoms with E-state index in [2.05, 4.69) is 9.97 Å². The van der Waals surface area contributed by atoms with E-state index in [1.807, 2.05) is 48.6 Å². The monoisotopic (exact) mass is 872 g/mol. The van der Waals surface area contributed by atoms with Gasteiger partial charge in [-0.25, -0.2) is 27.5 Å². The molecule has 4 nitrogen and oxygen atoms in total. The molecule has 0 amide bonds. The highest BCUT2D eigenvalue weighted by molar-refractivity contribution is 6.31. The van der Waals surface area contributed by atoms with Crippen LogP contribution >= 0.6 is 46.4 Å². The molecule has 0 aliphatic carbocycles. The number of benzene rings is 5. The van der Waals surface area contributed by atoms with Crippen LogP contribution in [-0.2, 0) is 0 Å². The van der Waals surface area contributed by atoms with Crippen LogP contribution in [0.15, 0.2) is 121 Å². The maximum absolute atomic E-state index is 16.6. The van der Waals surface area contributed by atoms with E-state index in [4.69, 9.17) is 56.4 Å². The molecule has 2 aliphatic rings. The predicted molar refractivity (Wildman–Crippen MR) is 236 cm³/mol. The van der Waals surface area contributed by atoms with Gasteiger partial charge in [0.2, 0.25) is 0 Å². The second kappa shape index (κ2) is 14.8. The smallest absolute Gasteiger partial charge is 0.198 e. The molecule has 10 rings (SSSR count). The Balaban J connectivity index is 1.48. The Hall–Kier alpha value is -6.16. The average Bonchev–Trinajstić information content (AvgIpc) is 4.09. The molecule has 8 bridgehead atoms. The molecule has 0 atom stereocenters. The molecular formula is C48H24Cl4F4N4. The number of nitrogens with zero attached hydrogens (tertiary/aromatic N) is 2. The molecule has 2 N–H and O–H groups in total. The Morgan fingerprint density at radius 3 is 0.917 bits per heavy atom. The van der Waals surface area contributed by atoms with E-state index >= 15 is 17.6 Å². The topological polar surface area (TPSA) is 57.4 Å². The molecule has 0 saturated heterocycles. The lowest BCUT2D eigenvalue weighted by molar-refractivity contribution is 0.413. The van der Waals surface area contributed by atoms with Gasteiger partial charge in [-0.15, -0.1) is 0 Å². The molecule has 0 unspecified atom stereocenters. The quantitative estimate of drug-likeness (QED) is 0.105. The van der Waals surface area contributed by atoms with Gasteiger partial charge in [0.1, 0.15) is 0 Å². The number of rotatable bonds is 4. The summed E-state index contributed by atoms with van der Waals surface area (Å²) in [4.78, 5) is 17.2. The van der Waals surface area contributed by atoms with E-state index in [1.54, 1.807) is 84.9 Å². The Bertz CT molecular complexity index is 3050. The van der Waals surface area contributed by atoms with Gasteiger partial charge in [0.15, 0.2) is 23.3 Å². The van der Waals surface area contributed by atoms with Gasteiger partial charge in [-0.3, -0.25) is 0 Å². The summed E-state index contributed by atoms with van der Waals surface area (Å²) in [6, 6.07) is 35.1. The zero-order valence-electron chi connectivity index (χ0n) is 30.6. The van der Waals surface area contributed by atoms with Crippen molar-refractivity contribution in [2.45, 2.75) is 0 Å². The number of nitrogens with one attached hydrogen (secondary N) is 2. The van der Waals surface area contributed by atoms with Crippen molar-refractivity contribution < 1.29 is 17.6 Å². The lowest BCUT2D eigenvalue weighted by atomic mass is 9.94. The van der Waals surface area contributed by atoms with Crippen LogP contribution in [0.1, 0.15) is 11.4 Å². The van der Waals surface area contributed by atoms with Crippen molar-refractivity contribution in [2.75, 3.05) is 0 Å². The number of H-pyrrole nitrogens is 2. The van der Waals surface area contributed by atoms with Crippen LogP contribution in [0, 0.1) is 23.3 Å². The van der Waals surface area contributed by atoms with E-state index in [0.717, 1.165) is 11.1 Å². The number of halogens is 8. The fraction of sp³-hybridized carbons (Fsp3) is 0. The summed E-state index contributed by atoms with van der Waals surface area (Å²) in [6.45, 7) is 0. The van der Waals surface area contributed by atoms with E-state index in [1.165, 1.54) is 0 Å². The minimum Gasteiger partial charge on any atom is -0.354 e. The lowest BCUT2D eigenvalue weighted by Crippen LogP contribution is -2.01. The number of fused-ring (bicyclic) bond motifs is 11. The van der Waals surface area contributed by atoms with Crippen molar-refractivity contribution in [3.05, 3.63) is 176 Å². The first-order valence-corrected chi connectivity index (χ1v) is 19.9. The maximum Gasteiger partial charge on any atom is 0.198 e. The van der Waals surface area contributed by atoms with Crippen LogP contribution in [0.2, 0.25) is 20.1 Å². The molecule has 0 spiro atoms. The average molecular weight is 875 g/mol. The van der Waals surface area contributed by atoms with Crippen molar-refractivity contribution in [2.24, 2.45) is 0 Å². The molecule has 0 saturated carbocycles. The number of hydrogen-bond acceptors (Lipinski definition) is 2. The van der Waals surface area contributed by atoms with Crippen molar-refractivity contribution in [1.29, 1.82) is 0 Å². The third-order valence-corrected chi connectivity index (χ3v) is 11.6. The largest absolute Gasteiger partial charge is 0.354 e. The normalized spacial score (nSPS) is 11.9. The summed E-state index contributed by atoms with van der Waals surface area (Å²) < 4.78 is 64.3. The highest BCUT2D eigenvalue weighted by atomic mass is 35.5. The van der Waals surface area contributed by atoms with Crippen LogP contribution in [0.5, 0.6) is 0 Å². The molecule has 60 heavy (non-hydrogen) atoms. The lowest BCUT2D eigenvalue weighted by Gasteiger charge is -2.11. The number of aromatic nitrogens is 4. The van der Waals surface area contributed by atoms with Crippen LogP contribution < -0.4 is 0 Å². The Labute approximate surface area is 359 Å². The van der Waals surface area contributed by atoms with Gasteiger partial charge >= 0.3 is 0 Å².